The molecule has 0 radical (unpaired) electrons. The Morgan fingerprint density at radius 1 is 0.600 bits per heavy atom. The number of rotatable bonds is 21. The average Bonchev–Trinajstić information content (AvgIpc) is 2.72. The largest absolute Gasteiger partial charge is 0.466 e. The van der Waals surface area contributed by atoms with Crippen molar-refractivity contribution in [3.63, 3.8) is 0 Å². The van der Waals surface area contributed by atoms with Crippen LogP contribution >= 0.6 is 0 Å². The van der Waals surface area contributed by atoms with E-state index < -0.39 is 5.97 Å². The molecule has 0 spiro atoms. The molecule has 176 valence electrons. The van der Waals surface area contributed by atoms with Gasteiger partial charge in [0.25, 0.3) is 0 Å². The Labute approximate surface area is 186 Å². The van der Waals surface area contributed by atoms with Crippen molar-refractivity contribution in [1.82, 2.24) is 0 Å². The lowest BCUT2D eigenvalue weighted by atomic mass is 10.0. The van der Waals surface area contributed by atoms with Gasteiger partial charge in [-0.25, -0.2) is 0 Å². The Kier molecular flexibility index (Phi) is 21.4. The fraction of sp³-hybridized carbons (Fsp3) is 0.846. The van der Waals surface area contributed by atoms with Gasteiger partial charge in [0.05, 0.1) is 25.7 Å². The monoisotopic (exact) mass is 424 g/mol. The van der Waals surface area contributed by atoms with Gasteiger partial charge in [0.15, 0.2) is 0 Å². The summed E-state index contributed by atoms with van der Waals surface area (Å²) in [5.74, 6) is -0.708. The quantitative estimate of drug-likeness (QED) is 0.106. The number of hydrogen-bond donors (Lipinski definition) is 0. The van der Waals surface area contributed by atoms with Crippen LogP contribution in [0.2, 0.25) is 0 Å². The Bertz CT molecular complexity index is 438. The second-order valence-corrected chi connectivity index (χ2v) is 8.71. The number of carbonyl (C=O) groups excluding carboxylic acids is 2. The van der Waals surface area contributed by atoms with Crippen LogP contribution < -0.4 is 0 Å². The lowest BCUT2D eigenvalue weighted by molar-refractivity contribution is -0.148. The minimum atomic E-state index is -0.393. The summed E-state index contributed by atoms with van der Waals surface area (Å²) in [6, 6.07) is 0. The zero-order chi connectivity index (χ0) is 22.3. The number of carbonyl (C=O) groups is 2. The molecule has 0 amide bonds. The fourth-order valence-corrected chi connectivity index (χ4v) is 3.35. The van der Waals surface area contributed by atoms with E-state index in [-0.39, 0.29) is 18.8 Å². The van der Waals surface area contributed by atoms with E-state index in [1.54, 1.807) is 0 Å². The van der Waals surface area contributed by atoms with Crippen LogP contribution in [0.15, 0.2) is 11.8 Å². The predicted octanol–water partition coefficient (Wildman–Crippen LogP) is 8.04. The third-order valence-corrected chi connectivity index (χ3v) is 5.22. The molecule has 0 fully saturated rings. The third kappa shape index (κ3) is 23.0. The van der Waals surface area contributed by atoms with Gasteiger partial charge in [0.1, 0.15) is 0 Å². The van der Waals surface area contributed by atoms with Gasteiger partial charge >= 0.3 is 11.9 Å². The highest BCUT2D eigenvalue weighted by atomic mass is 16.5. The molecule has 0 saturated heterocycles. The fourth-order valence-electron chi connectivity index (χ4n) is 3.35. The molecule has 30 heavy (non-hydrogen) atoms. The first-order valence-corrected chi connectivity index (χ1v) is 12.5. The van der Waals surface area contributed by atoms with Crippen molar-refractivity contribution >= 4 is 11.9 Å². The molecule has 4 heteroatoms. The molecule has 0 aromatic rings. The normalized spacial score (nSPS) is 10.6. The van der Waals surface area contributed by atoms with E-state index in [1.165, 1.54) is 96.2 Å². The molecule has 0 saturated carbocycles. The molecule has 0 aliphatic heterocycles. The highest BCUT2D eigenvalue weighted by Gasteiger charge is 2.08. The van der Waals surface area contributed by atoms with Crippen molar-refractivity contribution in [2.24, 2.45) is 0 Å². The second-order valence-electron chi connectivity index (χ2n) is 8.71. The molecule has 0 bridgehead atoms. The average molecular weight is 425 g/mol. The number of allylic oxidation sites excluding steroid dienone is 1. The van der Waals surface area contributed by atoms with E-state index in [9.17, 15) is 9.59 Å². The van der Waals surface area contributed by atoms with Gasteiger partial charge in [-0.05, 0) is 25.8 Å². The number of unbranched alkanes of at least 4 members (excludes halogenated alkanes) is 15. The number of ether oxygens (including phenoxy) is 2. The maximum Gasteiger partial charge on any atom is 0.311 e. The molecule has 0 aromatic heterocycles. The van der Waals surface area contributed by atoms with Gasteiger partial charge in [0.2, 0.25) is 0 Å². The maximum atomic E-state index is 11.6. The minimum Gasteiger partial charge on any atom is -0.466 e. The van der Waals surface area contributed by atoms with Crippen LogP contribution in [-0.4, -0.2) is 18.5 Å². The summed E-state index contributed by atoms with van der Waals surface area (Å²) in [5, 5.41) is 0. The van der Waals surface area contributed by atoms with Gasteiger partial charge in [-0.3, -0.25) is 9.59 Å². The molecular formula is C26H48O4. The lowest BCUT2D eigenvalue weighted by Gasteiger charge is -2.05. The molecule has 0 N–H and O–H groups in total. The summed E-state index contributed by atoms with van der Waals surface area (Å²) in [6.45, 7) is 6.43. The van der Waals surface area contributed by atoms with Crippen LogP contribution in [-0.2, 0) is 19.1 Å². The first-order chi connectivity index (χ1) is 14.6. The van der Waals surface area contributed by atoms with E-state index >= 15 is 0 Å². The zero-order valence-electron chi connectivity index (χ0n) is 20.1. The third-order valence-electron chi connectivity index (χ3n) is 5.22. The molecule has 0 aliphatic carbocycles. The van der Waals surface area contributed by atoms with E-state index in [4.69, 9.17) is 9.47 Å². The van der Waals surface area contributed by atoms with E-state index in [2.05, 4.69) is 6.92 Å². The van der Waals surface area contributed by atoms with Gasteiger partial charge < -0.3 is 9.47 Å². The summed E-state index contributed by atoms with van der Waals surface area (Å²) >= 11 is 0. The summed E-state index contributed by atoms with van der Waals surface area (Å²) in [7, 11) is 0. The van der Waals surface area contributed by atoms with Crippen molar-refractivity contribution in [3.8, 4) is 0 Å². The van der Waals surface area contributed by atoms with Crippen molar-refractivity contribution < 1.29 is 19.1 Å². The van der Waals surface area contributed by atoms with Gasteiger partial charge in [0, 0.05) is 0 Å². The molecule has 0 atom stereocenters. The highest BCUT2D eigenvalue weighted by molar-refractivity contribution is 5.77. The summed E-state index contributed by atoms with van der Waals surface area (Å²) < 4.78 is 10.1. The van der Waals surface area contributed by atoms with Crippen LogP contribution in [0.5, 0.6) is 0 Å². The molecule has 0 unspecified atom stereocenters. The van der Waals surface area contributed by atoms with Crippen LogP contribution in [0.4, 0.5) is 0 Å². The van der Waals surface area contributed by atoms with Gasteiger partial charge in [-0.15, -0.1) is 0 Å². The SMILES string of the molecule is CCCCCCCCCCCCCCCCCCOC(=O)CCC(=O)OC=C(C)C. The second kappa shape index (κ2) is 22.4. The zero-order valence-corrected chi connectivity index (χ0v) is 20.1. The van der Waals surface area contributed by atoms with Crippen LogP contribution in [0.3, 0.4) is 0 Å². The molecule has 0 rings (SSSR count). The Morgan fingerprint density at radius 2 is 1.00 bits per heavy atom. The van der Waals surface area contributed by atoms with Crippen LogP contribution in [0, 0.1) is 0 Å². The minimum absolute atomic E-state index is 0.0710. The van der Waals surface area contributed by atoms with Crippen molar-refractivity contribution in [3.05, 3.63) is 11.8 Å². The molecule has 0 aromatic carbocycles. The first kappa shape index (κ1) is 28.7. The molecular weight excluding hydrogens is 376 g/mol. The van der Waals surface area contributed by atoms with Crippen LogP contribution in [0.1, 0.15) is 136 Å². The smallest absolute Gasteiger partial charge is 0.311 e. The van der Waals surface area contributed by atoms with E-state index in [0.717, 1.165) is 18.4 Å². The summed E-state index contributed by atoms with van der Waals surface area (Å²) in [5.41, 5.74) is 0.912. The van der Waals surface area contributed by atoms with Crippen LogP contribution in [0.25, 0.3) is 0 Å². The lowest BCUT2D eigenvalue weighted by Crippen LogP contribution is -2.09. The molecule has 4 nitrogen and oxygen atoms in total. The molecule has 0 heterocycles. The molecule has 0 aliphatic rings. The van der Waals surface area contributed by atoms with E-state index in [1.807, 2.05) is 13.8 Å². The Balaban J connectivity index is 3.24. The van der Waals surface area contributed by atoms with Crippen molar-refractivity contribution in [1.29, 1.82) is 0 Å². The Morgan fingerprint density at radius 3 is 1.43 bits per heavy atom. The topological polar surface area (TPSA) is 52.6 Å². The standard InChI is InChI=1S/C26H48O4/c1-4-5-6-7-8-9-10-11-12-13-14-15-16-17-18-19-22-29-25(27)20-21-26(28)30-23-24(2)3/h23H,4-22H2,1-3H3. The highest BCUT2D eigenvalue weighted by Crippen LogP contribution is 2.13. The number of esters is 2. The predicted molar refractivity (Wildman–Crippen MR) is 125 cm³/mol. The first-order valence-electron chi connectivity index (χ1n) is 12.5. The van der Waals surface area contributed by atoms with Crippen molar-refractivity contribution in [2.75, 3.05) is 6.61 Å². The van der Waals surface area contributed by atoms with Gasteiger partial charge in [-0.1, -0.05) is 103 Å². The van der Waals surface area contributed by atoms with Crippen molar-refractivity contribution in [2.45, 2.75) is 136 Å². The Hall–Kier alpha value is -1.32. The van der Waals surface area contributed by atoms with E-state index in [0.29, 0.717) is 6.61 Å². The maximum absolute atomic E-state index is 11.6. The summed E-state index contributed by atoms with van der Waals surface area (Å²) in [4.78, 5) is 23.0. The van der Waals surface area contributed by atoms with Gasteiger partial charge in [-0.2, -0.15) is 0 Å². The number of hydrogen-bond acceptors (Lipinski definition) is 4. The summed E-state index contributed by atoms with van der Waals surface area (Å²) in [6.07, 6.45) is 22.8.